The highest BCUT2D eigenvalue weighted by Crippen LogP contribution is 2.16. The number of benzene rings is 1. The number of carboxylic acid groups (broad SMARTS) is 1. The first kappa shape index (κ1) is 102. The third-order valence-electron chi connectivity index (χ3n) is 18.5. The van der Waals surface area contributed by atoms with E-state index >= 15 is 0 Å². The van der Waals surface area contributed by atoms with Crippen molar-refractivity contribution in [1.82, 2.24) is 105 Å². The molecule has 670 valence electrons. The summed E-state index contributed by atoms with van der Waals surface area (Å²) in [6.07, 6.45) is 1.68. The smallest absolute Gasteiger partial charge is 0.303 e. The van der Waals surface area contributed by atoms with Crippen LogP contribution in [0.1, 0.15) is 152 Å². The summed E-state index contributed by atoms with van der Waals surface area (Å²) in [6.45, 7) is 17.6. The largest absolute Gasteiger partial charge is 0.508 e. The summed E-state index contributed by atoms with van der Waals surface area (Å²) < 4.78 is 0. The van der Waals surface area contributed by atoms with E-state index in [1.54, 1.807) is 55.4 Å². The molecule has 0 radical (unpaired) electrons. The molecule has 121 heavy (non-hydrogen) atoms. The van der Waals surface area contributed by atoms with Crippen molar-refractivity contribution in [2.75, 3.05) is 19.6 Å². The number of hydrogen-bond donors (Lipinski definition) is 24. The zero-order valence-electron chi connectivity index (χ0n) is 70.0. The zero-order chi connectivity index (χ0) is 91.2. The first-order valence-corrected chi connectivity index (χ1v) is 39.4. The SMILES string of the molecule is CC[C@H](C)[C@H](NC(=O)CNC(=O)[C@H](C)NC(=O)[C@H](C)NC(=O)[C@H](Cc1cnc[nH]1)NC(=O)[C@H](CC(N)=O)NC(=O)CNC(=O)[C@H](C)NC(=O)CNC(=O)[C@H](Cc1cnc[nH]1)NC(=O)[C@H](CC(C)C)NC(=O)[C@H](CC(C)C)NC(=O)[C@H](CCC(=O)O)NC(=O)[C@@H](N)Cc1ccc(O)cc1)C(=O)N[C@@H](CC(C)C)C(=O)N[C@H](C(=O)N[C@@H](C)C(N)=O)[C@@H](C)O. The van der Waals surface area contributed by atoms with Crippen molar-refractivity contribution in [2.24, 2.45) is 40.9 Å². The van der Waals surface area contributed by atoms with E-state index in [-0.39, 0.29) is 67.7 Å². The van der Waals surface area contributed by atoms with Crippen LogP contribution in [0.5, 0.6) is 5.75 Å². The number of aromatic nitrogens is 4. The Balaban J connectivity index is 1.65. The van der Waals surface area contributed by atoms with Crippen LogP contribution in [-0.4, -0.2) is 258 Å². The highest BCUT2D eigenvalue weighted by molar-refractivity contribution is 6.01. The fourth-order valence-corrected chi connectivity index (χ4v) is 11.6. The van der Waals surface area contributed by atoms with Crippen LogP contribution in [0.3, 0.4) is 0 Å². The number of carbonyl (C=O) groups excluding carboxylic acids is 18. The van der Waals surface area contributed by atoms with Crippen LogP contribution < -0.4 is 102 Å². The van der Waals surface area contributed by atoms with Crippen LogP contribution in [0.4, 0.5) is 0 Å². The van der Waals surface area contributed by atoms with Crippen LogP contribution in [0.25, 0.3) is 0 Å². The molecule has 0 spiro atoms. The number of phenols is 1. The Labute approximate surface area is 698 Å². The maximum atomic E-state index is 14.3. The Bertz CT molecular complexity index is 4050. The normalized spacial score (nSPS) is 15.1. The maximum Gasteiger partial charge on any atom is 0.303 e. The molecule has 3 aromatic rings. The van der Waals surface area contributed by atoms with Gasteiger partial charge >= 0.3 is 5.97 Å². The van der Waals surface area contributed by atoms with Crippen LogP contribution >= 0.6 is 0 Å². The van der Waals surface area contributed by atoms with E-state index < -0.39 is 248 Å². The lowest BCUT2D eigenvalue weighted by molar-refractivity contribution is -0.138. The molecule has 45 heteroatoms. The number of aromatic amines is 2. The number of H-pyrrole nitrogens is 2. The predicted octanol–water partition coefficient (Wildman–Crippen LogP) is -7.29. The molecule has 2 aromatic heterocycles. The molecular weight excluding hydrogens is 1590 g/mol. The molecule has 0 fully saturated rings. The Morgan fingerprint density at radius 2 is 0.785 bits per heavy atom. The number of rotatable bonds is 53. The predicted molar refractivity (Wildman–Crippen MR) is 431 cm³/mol. The van der Waals surface area contributed by atoms with Crippen molar-refractivity contribution < 1.29 is 106 Å². The van der Waals surface area contributed by atoms with Gasteiger partial charge in [-0.3, -0.25) is 91.1 Å². The van der Waals surface area contributed by atoms with Gasteiger partial charge in [0.05, 0.1) is 50.9 Å². The summed E-state index contributed by atoms with van der Waals surface area (Å²) >= 11 is 0. The van der Waals surface area contributed by atoms with Gasteiger partial charge in [-0.25, -0.2) is 9.97 Å². The molecule has 0 aliphatic carbocycles. The van der Waals surface area contributed by atoms with Crippen molar-refractivity contribution in [1.29, 1.82) is 0 Å². The van der Waals surface area contributed by atoms with Crippen LogP contribution in [0.2, 0.25) is 0 Å². The first-order valence-electron chi connectivity index (χ1n) is 39.4. The molecule has 0 aliphatic heterocycles. The van der Waals surface area contributed by atoms with Crippen LogP contribution in [0, 0.1) is 23.7 Å². The van der Waals surface area contributed by atoms with Crippen molar-refractivity contribution in [3.8, 4) is 5.75 Å². The summed E-state index contributed by atoms with van der Waals surface area (Å²) in [6, 6.07) is -14.0. The molecular formula is C76H119N23O22. The van der Waals surface area contributed by atoms with Crippen molar-refractivity contribution in [2.45, 2.75) is 245 Å². The number of nitrogens with zero attached hydrogens (tertiary/aromatic N) is 2. The van der Waals surface area contributed by atoms with E-state index in [4.69, 9.17) is 17.2 Å². The second-order valence-electron chi connectivity index (χ2n) is 30.7. The van der Waals surface area contributed by atoms with Gasteiger partial charge in [-0.2, -0.15) is 0 Å². The number of aliphatic carboxylic acids is 1. The van der Waals surface area contributed by atoms with Gasteiger partial charge in [0.25, 0.3) is 0 Å². The number of aliphatic hydroxyl groups excluding tert-OH is 1. The summed E-state index contributed by atoms with van der Waals surface area (Å²) in [5.74, 6) is -19.5. The van der Waals surface area contributed by atoms with Gasteiger partial charge in [0.1, 0.15) is 84.3 Å². The number of imidazole rings is 2. The number of primary amides is 2. The second kappa shape index (κ2) is 50.9. The van der Waals surface area contributed by atoms with Gasteiger partial charge in [0.15, 0.2) is 0 Å². The lowest BCUT2D eigenvalue weighted by Crippen LogP contribution is -2.61. The molecule has 0 saturated carbocycles. The molecule has 1 aromatic carbocycles. The quantitative estimate of drug-likeness (QED) is 0.0250. The van der Waals surface area contributed by atoms with Crippen molar-refractivity contribution >= 4 is 112 Å². The van der Waals surface area contributed by atoms with Gasteiger partial charge in [-0.05, 0) is 108 Å². The van der Waals surface area contributed by atoms with Gasteiger partial charge < -0.3 is 128 Å². The molecule has 16 atom stereocenters. The van der Waals surface area contributed by atoms with E-state index in [2.05, 4.69) is 105 Å². The Hall–Kier alpha value is -12.7. The topological polar surface area (TPSA) is 713 Å². The Kier molecular flexibility index (Phi) is 43.1. The van der Waals surface area contributed by atoms with E-state index in [0.717, 1.165) is 0 Å². The van der Waals surface area contributed by atoms with Gasteiger partial charge in [-0.15, -0.1) is 0 Å². The molecule has 3 rings (SSSR count). The van der Waals surface area contributed by atoms with Crippen molar-refractivity contribution in [3.05, 3.63) is 66.3 Å². The minimum absolute atomic E-state index is 0.00707. The zero-order valence-corrected chi connectivity index (χ0v) is 70.0. The highest BCUT2D eigenvalue weighted by Gasteiger charge is 2.38. The van der Waals surface area contributed by atoms with Gasteiger partial charge in [0, 0.05) is 43.0 Å². The van der Waals surface area contributed by atoms with Gasteiger partial charge in [0.2, 0.25) is 106 Å². The lowest BCUT2D eigenvalue weighted by atomic mass is 9.96. The maximum absolute atomic E-state index is 14.3. The van der Waals surface area contributed by atoms with E-state index in [9.17, 15) is 106 Å². The Morgan fingerprint density at radius 1 is 0.405 bits per heavy atom. The molecule has 27 N–H and O–H groups in total. The first-order chi connectivity index (χ1) is 56.7. The third kappa shape index (κ3) is 37.8. The minimum Gasteiger partial charge on any atom is -0.508 e. The number of nitrogens with two attached hydrogens (primary N) is 3. The molecule has 0 bridgehead atoms. The number of nitrogens with one attached hydrogen (secondary N) is 18. The molecule has 2 heterocycles. The summed E-state index contributed by atoms with van der Waals surface area (Å²) in [4.78, 5) is 267. The second-order valence-corrected chi connectivity index (χ2v) is 30.7. The van der Waals surface area contributed by atoms with Gasteiger partial charge in [-0.1, -0.05) is 73.9 Å². The lowest BCUT2D eigenvalue weighted by Gasteiger charge is -2.29. The fraction of sp³-hybridized carbons (Fsp3) is 0.592. The number of phenolic OH excluding ortho intramolecular Hbond substituents is 1. The molecule has 45 nitrogen and oxygen atoms in total. The van der Waals surface area contributed by atoms with E-state index in [1.165, 1.54) is 83.9 Å². The standard InChI is InChI=1S/C76H119N23O22/c1-14-38(8)61(75(120)97-52(23-37(6)7)74(119)99-62(43(13)100)76(121)88-39(9)63(79)108)98-59(105)32-83-65(110)41(11)89-66(111)42(12)90-70(115)54(26-46-29-81-34-86-46)96-73(118)55(27-56(78)102)91-58(104)31-82-64(109)40(10)87-57(103)30-84-68(113)53(25-45-28-80-33-85-45)95-72(117)51(22-36(4)5)94-71(116)50(21-35(2)3)93-69(114)49(19-20-60(106)107)92-67(112)48(77)24-44-15-17-47(101)18-16-44/h15-18,28-29,33-43,48-55,61-62,100-101H,14,19-27,30-32,77H2,1-13H3,(H2,78,102)(H2,79,108)(H,80,85)(H,81,86)(H,82,109)(H,83,110)(H,84,113)(H,87,103)(H,88,121)(H,89,111)(H,90,115)(H,91,104)(H,92,112)(H,93,114)(H,94,116)(H,95,117)(H,96,118)(H,97,120)(H,98,105)(H,99,119)(H,106,107)/t38-,39-,40-,41-,42-,43+,48-,49-,50-,51-,52-,53-,54-,55-,61-,62-/m0/s1. The van der Waals surface area contributed by atoms with Crippen LogP contribution in [-0.2, 0) is 110 Å². The number of aromatic hydroxyl groups is 1. The average Bonchev–Trinajstić information content (AvgIpc) is 1.65. The fourth-order valence-electron chi connectivity index (χ4n) is 11.6. The molecule has 0 aliphatic rings. The van der Waals surface area contributed by atoms with Crippen LogP contribution in [0.15, 0.2) is 49.3 Å². The molecule has 18 amide bonds. The summed E-state index contributed by atoms with van der Waals surface area (Å²) in [5.41, 5.74) is 18.0. The highest BCUT2D eigenvalue weighted by atomic mass is 16.4. The molecule has 0 unspecified atom stereocenters. The number of aliphatic hydroxyl groups is 1. The number of hydrogen-bond acceptors (Lipinski definition) is 24. The van der Waals surface area contributed by atoms with E-state index in [1.807, 2.05) is 0 Å². The summed E-state index contributed by atoms with van der Waals surface area (Å²) in [5, 5.41) is 68.4. The number of amides is 18. The van der Waals surface area contributed by atoms with Crippen molar-refractivity contribution in [3.63, 3.8) is 0 Å². The average molecular weight is 1710 g/mol. The van der Waals surface area contributed by atoms with E-state index in [0.29, 0.717) is 17.7 Å². The number of carbonyl (C=O) groups is 19. The third-order valence-corrected chi connectivity index (χ3v) is 18.5. The minimum atomic E-state index is -1.80. The molecule has 0 saturated heterocycles. The number of carboxylic acids is 1. The Morgan fingerprint density at radius 3 is 1.23 bits per heavy atom. The summed E-state index contributed by atoms with van der Waals surface area (Å²) in [7, 11) is 0. The monoisotopic (exact) mass is 1710 g/mol.